The lowest BCUT2D eigenvalue weighted by atomic mass is 9.96. The second kappa shape index (κ2) is 3.62. The number of hydrogen-bond acceptors (Lipinski definition) is 2. The number of nitrogens with two attached hydrogens (primary N) is 1. The molecule has 0 saturated heterocycles. The smallest absolute Gasteiger partial charge is 0.122 e. The molecule has 0 bridgehead atoms. The number of rotatable bonds is 1. The summed E-state index contributed by atoms with van der Waals surface area (Å²) in [6.07, 6.45) is 2.24. The first-order valence-electron chi connectivity index (χ1n) is 5.20. The van der Waals surface area contributed by atoms with E-state index in [4.69, 9.17) is 10.5 Å². The monoisotopic (exact) mass is 191 g/mol. The lowest BCUT2D eigenvalue weighted by Gasteiger charge is -2.20. The first kappa shape index (κ1) is 9.53. The van der Waals surface area contributed by atoms with E-state index in [2.05, 4.69) is 19.1 Å². The molecular formula is C12H17NO. The molecule has 0 amide bonds. The molecule has 2 N–H and O–H groups in total. The first-order valence-corrected chi connectivity index (χ1v) is 5.20. The van der Waals surface area contributed by atoms with E-state index in [1.807, 2.05) is 6.92 Å². The number of hydrogen-bond donors (Lipinski definition) is 1. The van der Waals surface area contributed by atoms with Gasteiger partial charge in [0.15, 0.2) is 0 Å². The van der Waals surface area contributed by atoms with Crippen molar-refractivity contribution >= 4 is 0 Å². The molecule has 1 aliphatic rings. The van der Waals surface area contributed by atoms with E-state index in [0.29, 0.717) is 0 Å². The van der Waals surface area contributed by atoms with Crippen molar-refractivity contribution in [2.75, 3.05) is 6.61 Å². The Balaban J connectivity index is 2.45. The van der Waals surface area contributed by atoms with Crippen LogP contribution in [0.1, 0.15) is 36.1 Å². The molecule has 1 aromatic rings. The highest BCUT2D eigenvalue weighted by atomic mass is 16.5. The Bertz CT molecular complexity index is 344. The van der Waals surface area contributed by atoms with E-state index in [0.717, 1.165) is 25.2 Å². The topological polar surface area (TPSA) is 35.2 Å². The van der Waals surface area contributed by atoms with E-state index in [1.54, 1.807) is 0 Å². The van der Waals surface area contributed by atoms with Gasteiger partial charge in [-0.1, -0.05) is 6.07 Å². The molecule has 2 heteroatoms. The molecule has 2 rings (SSSR count). The number of aryl methyl sites for hydroxylation is 2. The third kappa shape index (κ3) is 1.62. The van der Waals surface area contributed by atoms with Crippen LogP contribution in [0.5, 0.6) is 5.75 Å². The van der Waals surface area contributed by atoms with Crippen LogP contribution in [-0.2, 0) is 6.42 Å². The van der Waals surface area contributed by atoms with Crippen molar-refractivity contribution in [3.05, 3.63) is 28.8 Å². The van der Waals surface area contributed by atoms with Crippen LogP contribution in [0.4, 0.5) is 0 Å². The van der Waals surface area contributed by atoms with Gasteiger partial charge in [-0.2, -0.15) is 0 Å². The van der Waals surface area contributed by atoms with Crippen molar-refractivity contribution in [2.45, 2.75) is 32.7 Å². The van der Waals surface area contributed by atoms with Gasteiger partial charge in [-0.05, 0) is 49.4 Å². The molecule has 1 aliphatic heterocycles. The minimum absolute atomic E-state index is 0.113. The summed E-state index contributed by atoms with van der Waals surface area (Å²) >= 11 is 0. The first-order chi connectivity index (χ1) is 6.68. The van der Waals surface area contributed by atoms with Crippen LogP contribution in [0.25, 0.3) is 0 Å². The molecule has 1 aromatic carbocycles. The predicted molar refractivity (Wildman–Crippen MR) is 57.6 cm³/mol. The van der Waals surface area contributed by atoms with Gasteiger partial charge in [0.2, 0.25) is 0 Å². The fourth-order valence-corrected chi connectivity index (χ4v) is 2.01. The zero-order valence-electron chi connectivity index (χ0n) is 8.84. The summed E-state index contributed by atoms with van der Waals surface area (Å²) in [6.45, 7) is 4.97. The highest BCUT2D eigenvalue weighted by molar-refractivity contribution is 5.44. The normalized spacial score (nSPS) is 17.1. The van der Waals surface area contributed by atoms with Gasteiger partial charge in [-0.25, -0.2) is 0 Å². The standard InChI is InChI=1S/C12H17NO/c1-8-6-12-10(4-3-5-14-12)7-11(8)9(2)13/h6-7,9H,3-5,13H2,1-2H3/t9-/m1/s1. The molecule has 1 heterocycles. The van der Waals surface area contributed by atoms with E-state index in [1.165, 1.54) is 16.7 Å². The van der Waals surface area contributed by atoms with Crippen molar-refractivity contribution in [3.63, 3.8) is 0 Å². The fraction of sp³-hybridized carbons (Fsp3) is 0.500. The molecule has 0 radical (unpaired) electrons. The Morgan fingerprint density at radius 3 is 2.93 bits per heavy atom. The van der Waals surface area contributed by atoms with Gasteiger partial charge in [-0.15, -0.1) is 0 Å². The number of benzene rings is 1. The van der Waals surface area contributed by atoms with Gasteiger partial charge in [0, 0.05) is 6.04 Å². The fourth-order valence-electron chi connectivity index (χ4n) is 2.01. The molecule has 0 aliphatic carbocycles. The van der Waals surface area contributed by atoms with E-state index in [9.17, 15) is 0 Å². The minimum atomic E-state index is 0.113. The summed E-state index contributed by atoms with van der Waals surface area (Å²) in [5.41, 5.74) is 9.70. The quantitative estimate of drug-likeness (QED) is 0.739. The van der Waals surface area contributed by atoms with Gasteiger partial charge in [0.05, 0.1) is 6.61 Å². The Morgan fingerprint density at radius 2 is 2.21 bits per heavy atom. The lowest BCUT2D eigenvalue weighted by molar-refractivity contribution is 0.288. The maximum Gasteiger partial charge on any atom is 0.122 e. The average Bonchev–Trinajstić information content (AvgIpc) is 2.16. The van der Waals surface area contributed by atoms with E-state index < -0.39 is 0 Å². The Morgan fingerprint density at radius 1 is 1.43 bits per heavy atom. The van der Waals surface area contributed by atoms with Crippen LogP contribution in [0.15, 0.2) is 12.1 Å². The van der Waals surface area contributed by atoms with Gasteiger partial charge in [0.25, 0.3) is 0 Å². The largest absolute Gasteiger partial charge is 0.493 e. The third-order valence-corrected chi connectivity index (χ3v) is 2.79. The summed E-state index contributed by atoms with van der Waals surface area (Å²) in [6, 6.07) is 4.43. The summed E-state index contributed by atoms with van der Waals surface area (Å²) in [5, 5.41) is 0. The van der Waals surface area contributed by atoms with E-state index >= 15 is 0 Å². The molecule has 0 saturated carbocycles. The van der Waals surface area contributed by atoms with Gasteiger partial charge in [-0.3, -0.25) is 0 Å². The summed E-state index contributed by atoms with van der Waals surface area (Å²) in [5.74, 6) is 1.05. The van der Waals surface area contributed by atoms with Crippen LogP contribution < -0.4 is 10.5 Å². The Hall–Kier alpha value is -1.02. The number of fused-ring (bicyclic) bond motifs is 1. The zero-order valence-corrected chi connectivity index (χ0v) is 8.84. The van der Waals surface area contributed by atoms with Crippen LogP contribution in [0, 0.1) is 6.92 Å². The zero-order chi connectivity index (χ0) is 10.1. The molecule has 0 spiro atoms. The Kier molecular flexibility index (Phi) is 2.46. The van der Waals surface area contributed by atoms with Crippen LogP contribution >= 0.6 is 0 Å². The summed E-state index contributed by atoms with van der Waals surface area (Å²) < 4.78 is 5.60. The molecule has 76 valence electrons. The van der Waals surface area contributed by atoms with Gasteiger partial charge in [0.1, 0.15) is 5.75 Å². The maximum atomic E-state index is 5.91. The van der Waals surface area contributed by atoms with Crippen molar-refractivity contribution in [1.29, 1.82) is 0 Å². The van der Waals surface area contributed by atoms with Crippen molar-refractivity contribution in [3.8, 4) is 5.75 Å². The predicted octanol–water partition coefficient (Wildman–Crippen LogP) is 2.34. The lowest BCUT2D eigenvalue weighted by Crippen LogP contribution is -2.12. The molecule has 2 nitrogen and oxygen atoms in total. The van der Waals surface area contributed by atoms with Gasteiger partial charge < -0.3 is 10.5 Å². The molecule has 14 heavy (non-hydrogen) atoms. The van der Waals surface area contributed by atoms with Crippen LogP contribution in [-0.4, -0.2) is 6.61 Å². The van der Waals surface area contributed by atoms with Gasteiger partial charge >= 0.3 is 0 Å². The van der Waals surface area contributed by atoms with E-state index in [-0.39, 0.29) is 6.04 Å². The summed E-state index contributed by atoms with van der Waals surface area (Å²) in [4.78, 5) is 0. The highest BCUT2D eigenvalue weighted by Crippen LogP contribution is 2.29. The maximum absolute atomic E-state index is 5.91. The SMILES string of the molecule is Cc1cc2c(cc1[C@@H](C)N)CCCO2. The second-order valence-corrected chi connectivity index (χ2v) is 4.06. The molecule has 0 unspecified atom stereocenters. The second-order valence-electron chi connectivity index (χ2n) is 4.06. The third-order valence-electron chi connectivity index (χ3n) is 2.79. The van der Waals surface area contributed by atoms with Crippen LogP contribution in [0.2, 0.25) is 0 Å². The molecule has 0 fully saturated rings. The summed E-state index contributed by atoms with van der Waals surface area (Å²) in [7, 11) is 0. The average molecular weight is 191 g/mol. The molecule has 1 atom stereocenters. The van der Waals surface area contributed by atoms with Crippen molar-refractivity contribution in [1.82, 2.24) is 0 Å². The van der Waals surface area contributed by atoms with Crippen molar-refractivity contribution < 1.29 is 4.74 Å². The minimum Gasteiger partial charge on any atom is -0.493 e. The molecule has 0 aromatic heterocycles. The number of ether oxygens (including phenoxy) is 1. The van der Waals surface area contributed by atoms with Crippen LogP contribution in [0.3, 0.4) is 0 Å². The highest BCUT2D eigenvalue weighted by Gasteiger charge is 2.14. The van der Waals surface area contributed by atoms with Crippen molar-refractivity contribution in [2.24, 2.45) is 5.73 Å². The molecular weight excluding hydrogens is 174 g/mol. The Labute approximate surface area is 85.1 Å².